The second kappa shape index (κ2) is 3.11. The molecule has 0 radical (unpaired) electrons. The summed E-state index contributed by atoms with van der Waals surface area (Å²) in [5.41, 5.74) is -5.53. The number of hydrogen-bond acceptors (Lipinski definition) is 2. The molecule has 0 saturated carbocycles. The quantitative estimate of drug-likeness (QED) is 0.462. The van der Waals surface area contributed by atoms with Crippen molar-refractivity contribution in [1.29, 1.82) is 0 Å². The van der Waals surface area contributed by atoms with Crippen molar-refractivity contribution >= 4 is 36.0 Å². The van der Waals surface area contributed by atoms with Crippen molar-refractivity contribution in [2.24, 2.45) is 0 Å². The van der Waals surface area contributed by atoms with Crippen molar-refractivity contribution in [2.45, 2.75) is 5.51 Å². The number of hydrogen-bond donors (Lipinski definition) is 1. The van der Waals surface area contributed by atoms with Gasteiger partial charge in [0, 0.05) is 0 Å². The van der Waals surface area contributed by atoms with Crippen molar-refractivity contribution < 1.29 is 26.1 Å². The molecular formula is CH4F3InO3S. The van der Waals surface area contributed by atoms with Gasteiger partial charge in [-0.2, -0.15) is 21.6 Å². The monoisotopic (exact) mass is 268 g/mol. The van der Waals surface area contributed by atoms with Gasteiger partial charge in [0.15, 0.2) is 0 Å². The predicted octanol–water partition coefficient (Wildman–Crippen LogP) is -0.790. The molecule has 0 heterocycles. The molecule has 0 aromatic heterocycles. The molecule has 0 aliphatic rings. The minimum absolute atomic E-state index is 0. The van der Waals surface area contributed by atoms with E-state index in [1.54, 1.807) is 0 Å². The van der Waals surface area contributed by atoms with Crippen LogP contribution >= 0.6 is 0 Å². The molecule has 0 fully saturated rings. The molecule has 0 atom stereocenters. The fourth-order valence-electron chi connectivity index (χ4n) is 0. The van der Waals surface area contributed by atoms with E-state index in [4.69, 9.17) is 13.0 Å². The number of alkyl halides is 3. The molecule has 1 N–H and O–H groups in total. The second-order valence-electron chi connectivity index (χ2n) is 0.921. The summed E-state index contributed by atoms with van der Waals surface area (Å²) in [6.07, 6.45) is 0. The Hall–Kier alpha value is 0.570. The van der Waals surface area contributed by atoms with Gasteiger partial charge in [-0.25, -0.2) is 0 Å². The summed E-state index contributed by atoms with van der Waals surface area (Å²) in [6, 6.07) is 0. The molecule has 3 nitrogen and oxygen atoms in total. The predicted molar refractivity (Wildman–Crippen MR) is 27.5 cm³/mol. The van der Waals surface area contributed by atoms with E-state index in [-0.39, 0.29) is 25.8 Å². The molecule has 0 spiro atoms. The van der Waals surface area contributed by atoms with Crippen LogP contribution in [-0.2, 0) is 10.1 Å². The first kappa shape index (κ1) is 12.3. The molecule has 8 heteroatoms. The summed E-state index contributed by atoms with van der Waals surface area (Å²) in [5, 5.41) is 0. The Bertz CT molecular complexity index is 168. The van der Waals surface area contributed by atoms with Gasteiger partial charge in [-0.1, -0.05) is 0 Å². The van der Waals surface area contributed by atoms with Crippen LogP contribution in [0.5, 0.6) is 0 Å². The molecule has 0 bridgehead atoms. The molecule has 0 unspecified atom stereocenters. The van der Waals surface area contributed by atoms with E-state index < -0.39 is 15.6 Å². The average Bonchev–Trinajstić information content (AvgIpc) is 1.25. The molecule has 56 valence electrons. The van der Waals surface area contributed by atoms with Crippen molar-refractivity contribution in [2.75, 3.05) is 0 Å². The Morgan fingerprint density at radius 2 is 1.33 bits per heavy atom. The maximum absolute atomic E-state index is 10.7. The van der Waals surface area contributed by atoms with Gasteiger partial charge in [-0.15, -0.1) is 0 Å². The molecule has 0 aromatic carbocycles. The SMILES string of the molecule is O=S(=O)(O)C(F)(F)F.[InH3]. The molecule has 0 aromatic rings. The Balaban J connectivity index is 0. The van der Waals surface area contributed by atoms with Gasteiger partial charge in [-0.05, 0) is 0 Å². The summed E-state index contributed by atoms with van der Waals surface area (Å²) in [5.74, 6) is 0. The van der Waals surface area contributed by atoms with Crippen molar-refractivity contribution in [3.05, 3.63) is 0 Å². The van der Waals surface area contributed by atoms with Crippen LogP contribution in [0.2, 0.25) is 0 Å². The Labute approximate surface area is 67.8 Å². The van der Waals surface area contributed by atoms with Gasteiger partial charge in [0.2, 0.25) is 0 Å². The fourth-order valence-corrected chi connectivity index (χ4v) is 0. The zero-order valence-corrected chi connectivity index (χ0v) is 4.12. The minimum atomic E-state index is -5.84. The molecule has 0 saturated heterocycles. The Morgan fingerprint density at radius 3 is 1.33 bits per heavy atom. The normalized spacial score (nSPS) is 12.4. The molecule has 0 aliphatic heterocycles. The summed E-state index contributed by atoms with van der Waals surface area (Å²) >= 11 is 0. The topological polar surface area (TPSA) is 54.4 Å². The van der Waals surface area contributed by atoms with Gasteiger partial charge in [0.05, 0.1) is 0 Å². The third kappa shape index (κ3) is 4.04. The third-order valence-electron chi connectivity index (χ3n) is 0.292. The summed E-state index contributed by atoms with van der Waals surface area (Å²) in [6.45, 7) is 0. The number of rotatable bonds is 0. The van der Waals surface area contributed by atoms with Crippen LogP contribution in [0.15, 0.2) is 0 Å². The van der Waals surface area contributed by atoms with Crippen LogP contribution in [0.1, 0.15) is 0 Å². The fraction of sp³-hybridized carbons (Fsp3) is 1.00. The maximum atomic E-state index is 10.7. The van der Waals surface area contributed by atoms with Crippen molar-refractivity contribution in [3.8, 4) is 0 Å². The Morgan fingerprint density at radius 1 is 1.22 bits per heavy atom. The molecule has 0 rings (SSSR count). The van der Waals surface area contributed by atoms with E-state index in [0.717, 1.165) is 0 Å². The first-order valence-corrected chi connectivity index (χ1v) is 2.73. The van der Waals surface area contributed by atoms with Gasteiger partial charge in [0.25, 0.3) is 0 Å². The van der Waals surface area contributed by atoms with Crippen LogP contribution in [0.25, 0.3) is 0 Å². The summed E-state index contributed by atoms with van der Waals surface area (Å²) in [7, 11) is -5.84. The summed E-state index contributed by atoms with van der Waals surface area (Å²) in [4.78, 5) is 0. The van der Waals surface area contributed by atoms with E-state index in [0.29, 0.717) is 0 Å². The van der Waals surface area contributed by atoms with Gasteiger partial charge in [0.1, 0.15) is 0 Å². The zero-order chi connectivity index (χ0) is 7.00. The average molecular weight is 268 g/mol. The van der Waals surface area contributed by atoms with Crippen LogP contribution in [0.4, 0.5) is 13.2 Å². The van der Waals surface area contributed by atoms with E-state index in [2.05, 4.69) is 0 Å². The van der Waals surface area contributed by atoms with Crippen molar-refractivity contribution in [3.63, 3.8) is 0 Å². The van der Waals surface area contributed by atoms with E-state index in [1.807, 2.05) is 0 Å². The van der Waals surface area contributed by atoms with Gasteiger partial charge < -0.3 is 0 Å². The Kier molecular flexibility index (Phi) is 4.24. The molecule has 9 heavy (non-hydrogen) atoms. The van der Waals surface area contributed by atoms with Gasteiger partial charge >= 0.3 is 41.5 Å². The van der Waals surface area contributed by atoms with Gasteiger partial charge in [-0.3, -0.25) is 4.55 Å². The molecule has 0 amide bonds. The van der Waals surface area contributed by atoms with E-state index >= 15 is 0 Å². The zero-order valence-electron chi connectivity index (χ0n) is 3.31. The number of halogens is 3. The van der Waals surface area contributed by atoms with E-state index in [1.165, 1.54) is 0 Å². The summed E-state index contributed by atoms with van der Waals surface area (Å²) < 4.78 is 57.5. The second-order valence-corrected chi connectivity index (χ2v) is 2.33. The van der Waals surface area contributed by atoms with Crippen molar-refractivity contribution in [1.82, 2.24) is 0 Å². The molecular weight excluding hydrogens is 264 g/mol. The van der Waals surface area contributed by atoms with Crippen LogP contribution < -0.4 is 0 Å². The first-order chi connectivity index (χ1) is 3.25. The standard InChI is InChI=1S/CHF3O3S.In.3H/c2-1(3,4)8(5,6)7;;;;/h(H,5,6,7);;;;. The van der Waals surface area contributed by atoms with Crippen LogP contribution in [0.3, 0.4) is 0 Å². The van der Waals surface area contributed by atoms with Crippen LogP contribution in [-0.4, -0.2) is 44.3 Å². The molecule has 0 aliphatic carbocycles. The van der Waals surface area contributed by atoms with Crippen LogP contribution in [0, 0.1) is 0 Å². The van der Waals surface area contributed by atoms with E-state index in [9.17, 15) is 13.2 Å². The first-order valence-electron chi connectivity index (χ1n) is 1.29. The third-order valence-corrected chi connectivity index (χ3v) is 0.877.